The molecule has 1 heterocycles. The second-order valence-electron chi connectivity index (χ2n) is 5.42. The fraction of sp³-hybridized carbons (Fsp3) is 0.562. The van der Waals surface area contributed by atoms with Crippen LogP contribution in [0, 0.1) is 5.92 Å². The molecule has 22 heavy (non-hydrogen) atoms. The monoisotopic (exact) mass is 390 g/mol. The van der Waals surface area contributed by atoms with Crippen molar-refractivity contribution in [2.24, 2.45) is 5.92 Å². The largest absolute Gasteiger partial charge is 0.366 e. The molecule has 0 spiro atoms. The predicted octanol–water partition coefficient (Wildman–Crippen LogP) is 2.54. The Kier molecular flexibility index (Phi) is 9.02. The highest BCUT2D eigenvalue weighted by Gasteiger charge is 2.22. The molecular formula is C16H24BrClN2O2. The molecule has 2 atom stereocenters. The van der Waals surface area contributed by atoms with Crippen molar-refractivity contribution < 1.29 is 9.53 Å². The molecule has 124 valence electrons. The van der Waals surface area contributed by atoms with Gasteiger partial charge in [-0.3, -0.25) is 4.79 Å². The van der Waals surface area contributed by atoms with Crippen molar-refractivity contribution in [3.63, 3.8) is 0 Å². The van der Waals surface area contributed by atoms with Gasteiger partial charge in [0.05, 0.1) is 6.61 Å². The van der Waals surface area contributed by atoms with Crippen LogP contribution in [-0.2, 0) is 16.0 Å². The number of benzene rings is 1. The molecule has 1 fully saturated rings. The van der Waals surface area contributed by atoms with Crippen molar-refractivity contribution in [2.45, 2.75) is 25.9 Å². The Labute approximate surface area is 146 Å². The summed E-state index contributed by atoms with van der Waals surface area (Å²) in [4.78, 5) is 12.0. The Balaban J connectivity index is 0.00000242. The predicted molar refractivity (Wildman–Crippen MR) is 94.5 cm³/mol. The molecule has 1 aromatic carbocycles. The molecule has 1 saturated heterocycles. The zero-order chi connectivity index (χ0) is 15.1. The summed E-state index contributed by atoms with van der Waals surface area (Å²) in [6, 6.07) is 8.34. The van der Waals surface area contributed by atoms with Crippen molar-refractivity contribution >= 4 is 34.2 Å². The van der Waals surface area contributed by atoms with Gasteiger partial charge in [0.25, 0.3) is 0 Å². The molecular weight excluding hydrogens is 368 g/mol. The average Bonchev–Trinajstić information content (AvgIpc) is 2.52. The smallest absolute Gasteiger partial charge is 0.250 e. The van der Waals surface area contributed by atoms with Crippen LogP contribution in [0.25, 0.3) is 0 Å². The summed E-state index contributed by atoms with van der Waals surface area (Å²) in [5.74, 6) is 0.440. The van der Waals surface area contributed by atoms with Gasteiger partial charge in [0.15, 0.2) is 0 Å². The number of amides is 1. The fourth-order valence-electron chi connectivity index (χ4n) is 2.45. The van der Waals surface area contributed by atoms with E-state index >= 15 is 0 Å². The first-order valence-corrected chi connectivity index (χ1v) is 8.32. The van der Waals surface area contributed by atoms with E-state index in [1.807, 2.05) is 12.1 Å². The number of halogens is 2. The van der Waals surface area contributed by atoms with Crippen LogP contribution in [0.1, 0.15) is 18.9 Å². The number of carbonyl (C=O) groups excluding carboxylic acids is 1. The molecule has 0 aliphatic carbocycles. The average molecular weight is 392 g/mol. The van der Waals surface area contributed by atoms with Crippen molar-refractivity contribution in [2.75, 3.05) is 26.2 Å². The van der Waals surface area contributed by atoms with E-state index in [1.54, 1.807) is 0 Å². The number of rotatable bonds is 6. The lowest BCUT2D eigenvalue weighted by atomic mass is 9.97. The van der Waals surface area contributed by atoms with Gasteiger partial charge >= 0.3 is 0 Å². The van der Waals surface area contributed by atoms with Crippen molar-refractivity contribution in [1.29, 1.82) is 0 Å². The van der Waals surface area contributed by atoms with Gasteiger partial charge in [-0.15, -0.1) is 12.4 Å². The maximum Gasteiger partial charge on any atom is 0.250 e. The van der Waals surface area contributed by atoms with E-state index in [-0.39, 0.29) is 24.4 Å². The Morgan fingerprint density at radius 2 is 2.36 bits per heavy atom. The van der Waals surface area contributed by atoms with Crippen LogP contribution in [-0.4, -0.2) is 38.3 Å². The lowest BCUT2D eigenvalue weighted by Crippen LogP contribution is -2.48. The molecule has 0 radical (unpaired) electrons. The highest BCUT2D eigenvalue weighted by Crippen LogP contribution is 2.16. The highest BCUT2D eigenvalue weighted by atomic mass is 79.9. The summed E-state index contributed by atoms with van der Waals surface area (Å²) in [6.45, 7) is 4.89. The maximum absolute atomic E-state index is 12.0. The Morgan fingerprint density at radius 3 is 3.00 bits per heavy atom. The van der Waals surface area contributed by atoms with Crippen LogP contribution in [0.15, 0.2) is 28.7 Å². The number of hydrogen-bond acceptors (Lipinski definition) is 3. The summed E-state index contributed by atoms with van der Waals surface area (Å²) in [5, 5.41) is 6.19. The molecule has 1 aliphatic heterocycles. The number of carbonyl (C=O) groups is 1. The van der Waals surface area contributed by atoms with Gasteiger partial charge in [0.1, 0.15) is 6.10 Å². The van der Waals surface area contributed by atoms with Gasteiger partial charge in [0.2, 0.25) is 5.91 Å². The van der Waals surface area contributed by atoms with E-state index in [1.165, 1.54) is 5.56 Å². The number of hydrogen-bond donors (Lipinski definition) is 2. The van der Waals surface area contributed by atoms with Crippen LogP contribution in [0.3, 0.4) is 0 Å². The second kappa shape index (κ2) is 10.2. The topological polar surface area (TPSA) is 50.4 Å². The Bertz CT molecular complexity index is 467. The third kappa shape index (κ3) is 6.24. The molecule has 0 aromatic heterocycles. The minimum Gasteiger partial charge on any atom is -0.366 e. The molecule has 1 amide bonds. The van der Waals surface area contributed by atoms with Crippen molar-refractivity contribution in [3.8, 4) is 0 Å². The number of nitrogens with one attached hydrogen (secondary N) is 2. The van der Waals surface area contributed by atoms with Gasteiger partial charge < -0.3 is 15.4 Å². The Morgan fingerprint density at radius 1 is 1.55 bits per heavy atom. The molecule has 2 rings (SSSR count). The van der Waals surface area contributed by atoms with Gasteiger partial charge in [0, 0.05) is 24.1 Å². The van der Waals surface area contributed by atoms with Crippen molar-refractivity contribution in [3.05, 3.63) is 34.3 Å². The van der Waals surface area contributed by atoms with E-state index < -0.39 is 0 Å². The van der Waals surface area contributed by atoms with Crippen LogP contribution in [0.2, 0.25) is 0 Å². The van der Waals surface area contributed by atoms with Crippen LogP contribution in [0.4, 0.5) is 0 Å². The maximum atomic E-state index is 12.0. The lowest BCUT2D eigenvalue weighted by molar-refractivity contribution is -0.134. The minimum absolute atomic E-state index is 0. The van der Waals surface area contributed by atoms with Gasteiger partial charge in [-0.2, -0.15) is 0 Å². The van der Waals surface area contributed by atoms with Crippen LogP contribution >= 0.6 is 28.3 Å². The van der Waals surface area contributed by atoms with E-state index in [0.717, 1.165) is 23.9 Å². The lowest BCUT2D eigenvalue weighted by Gasteiger charge is -2.24. The van der Waals surface area contributed by atoms with Crippen molar-refractivity contribution in [1.82, 2.24) is 10.6 Å². The normalized spacial score (nSPS) is 19.1. The zero-order valence-corrected chi connectivity index (χ0v) is 15.2. The van der Waals surface area contributed by atoms with Crippen LogP contribution < -0.4 is 10.6 Å². The molecule has 2 N–H and O–H groups in total. The standard InChI is InChI=1S/C16H23BrN2O2.ClH/c1-2-12(8-13-4-3-5-14(17)9-13)10-19-16(20)15-11-18-6-7-21-15;/h3-5,9,12,15,18H,2,6-8,10-11H2,1H3,(H,19,20);1H. The first kappa shape index (κ1) is 19.4. The molecule has 6 heteroatoms. The van der Waals surface area contributed by atoms with Crippen LogP contribution in [0.5, 0.6) is 0 Å². The van der Waals surface area contributed by atoms with E-state index in [4.69, 9.17) is 4.74 Å². The highest BCUT2D eigenvalue weighted by molar-refractivity contribution is 9.10. The fourth-order valence-corrected chi connectivity index (χ4v) is 2.90. The second-order valence-corrected chi connectivity index (χ2v) is 6.33. The van der Waals surface area contributed by atoms with Gasteiger partial charge in [-0.1, -0.05) is 41.4 Å². The molecule has 2 unspecified atom stereocenters. The molecule has 4 nitrogen and oxygen atoms in total. The van der Waals surface area contributed by atoms with E-state index in [9.17, 15) is 4.79 Å². The SMILES string of the molecule is CCC(CNC(=O)C1CNCCO1)Cc1cccc(Br)c1.Cl. The third-order valence-corrected chi connectivity index (χ3v) is 4.27. The number of ether oxygens (including phenoxy) is 1. The Hall–Kier alpha value is -0.620. The number of morpholine rings is 1. The summed E-state index contributed by atoms with van der Waals surface area (Å²) >= 11 is 3.50. The summed E-state index contributed by atoms with van der Waals surface area (Å²) in [5.41, 5.74) is 1.29. The summed E-state index contributed by atoms with van der Waals surface area (Å²) < 4.78 is 6.56. The van der Waals surface area contributed by atoms with E-state index in [2.05, 4.69) is 45.6 Å². The van der Waals surface area contributed by atoms with Gasteiger partial charge in [-0.25, -0.2) is 0 Å². The minimum atomic E-state index is -0.345. The quantitative estimate of drug-likeness (QED) is 0.783. The zero-order valence-electron chi connectivity index (χ0n) is 12.8. The summed E-state index contributed by atoms with van der Waals surface area (Å²) in [7, 11) is 0. The molecule has 0 saturated carbocycles. The molecule has 1 aromatic rings. The van der Waals surface area contributed by atoms with Gasteiger partial charge in [-0.05, 0) is 30.0 Å². The molecule has 1 aliphatic rings. The molecule has 0 bridgehead atoms. The summed E-state index contributed by atoms with van der Waals surface area (Å²) in [6.07, 6.45) is 1.67. The first-order chi connectivity index (χ1) is 10.2. The first-order valence-electron chi connectivity index (χ1n) is 7.53. The third-order valence-electron chi connectivity index (χ3n) is 3.78. The van der Waals surface area contributed by atoms with E-state index in [0.29, 0.717) is 25.6 Å².